The van der Waals surface area contributed by atoms with Crippen LogP contribution in [0.5, 0.6) is 0 Å². The van der Waals surface area contributed by atoms with Crippen molar-refractivity contribution in [1.82, 2.24) is 15.2 Å². The van der Waals surface area contributed by atoms with Crippen LogP contribution < -0.4 is 15.8 Å². The summed E-state index contributed by atoms with van der Waals surface area (Å²) < 4.78 is 26.0. The van der Waals surface area contributed by atoms with E-state index >= 15 is 0 Å². The molecule has 10 heteroatoms. The predicted molar refractivity (Wildman–Crippen MR) is 67.7 cm³/mol. The Morgan fingerprint density at radius 1 is 1.26 bits per heavy atom. The number of aromatic nitrogens is 3. The number of aromatic amines is 2. The molecular formula is C9H7ClN4O4S. The Balaban J connectivity index is 2.37. The summed E-state index contributed by atoms with van der Waals surface area (Å²) in [5, 5.41) is 5.32. The van der Waals surface area contributed by atoms with E-state index in [4.69, 9.17) is 11.6 Å². The molecule has 0 amide bonds. The second-order valence-electron chi connectivity index (χ2n) is 3.42. The van der Waals surface area contributed by atoms with Crippen molar-refractivity contribution in [2.24, 2.45) is 0 Å². The zero-order valence-corrected chi connectivity index (χ0v) is 10.7. The third kappa shape index (κ3) is 3.01. The number of nitrogens with one attached hydrogen (secondary N) is 3. The van der Waals surface area contributed by atoms with E-state index in [9.17, 15) is 18.0 Å². The van der Waals surface area contributed by atoms with Crippen molar-refractivity contribution in [2.75, 3.05) is 4.72 Å². The normalized spacial score (nSPS) is 11.2. The molecule has 2 aromatic rings. The fraction of sp³-hybridized carbons (Fsp3) is 0. The zero-order valence-electron chi connectivity index (χ0n) is 9.18. The number of anilines is 1. The third-order valence-corrected chi connectivity index (χ3v) is 3.67. The van der Waals surface area contributed by atoms with Gasteiger partial charge in [-0.3, -0.25) is 14.3 Å². The Morgan fingerprint density at radius 2 is 2.00 bits per heavy atom. The van der Waals surface area contributed by atoms with Crippen LogP contribution in [-0.2, 0) is 10.0 Å². The quantitative estimate of drug-likeness (QED) is 0.731. The molecule has 0 unspecified atom stereocenters. The SMILES string of the molecule is O=c1ccc(NS(=O)(=O)c2c[nH]c(=O)c(Cl)c2)n[nH]1. The highest BCUT2D eigenvalue weighted by Gasteiger charge is 2.16. The summed E-state index contributed by atoms with van der Waals surface area (Å²) in [6.45, 7) is 0. The molecule has 2 aromatic heterocycles. The van der Waals surface area contributed by atoms with Crippen molar-refractivity contribution in [1.29, 1.82) is 0 Å². The molecule has 0 bridgehead atoms. The van der Waals surface area contributed by atoms with Gasteiger partial charge in [0.15, 0.2) is 5.82 Å². The van der Waals surface area contributed by atoms with E-state index in [1.54, 1.807) is 0 Å². The molecular weight excluding hydrogens is 296 g/mol. The van der Waals surface area contributed by atoms with E-state index < -0.39 is 21.1 Å². The van der Waals surface area contributed by atoms with Gasteiger partial charge >= 0.3 is 0 Å². The van der Waals surface area contributed by atoms with Crippen LogP contribution in [0.1, 0.15) is 0 Å². The van der Waals surface area contributed by atoms with Gasteiger partial charge in [-0.1, -0.05) is 11.6 Å². The van der Waals surface area contributed by atoms with Crippen LogP contribution in [0.4, 0.5) is 5.82 Å². The molecule has 0 saturated carbocycles. The number of H-pyrrole nitrogens is 2. The van der Waals surface area contributed by atoms with Crippen LogP contribution in [0, 0.1) is 0 Å². The summed E-state index contributed by atoms with van der Waals surface area (Å²) in [5.41, 5.74) is -1.06. The van der Waals surface area contributed by atoms with Crippen molar-refractivity contribution in [3.05, 3.63) is 50.1 Å². The molecule has 0 aliphatic heterocycles. The summed E-state index contributed by atoms with van der Waals surface area (Å²) in [6.07, 6.45) is 1.00. The highest BCUT2D eigenvalue weighted by atomic mass is 35.5. The predicted octanol–water partition coefficient (Wildman–Crippen LogP) is -0.0876. The van der Waals surface area contributed by atoms with Crippen molar-refractivity contribution >= 4 is 27.4 Å². The summed E-state index contributed by atoms with van der Waals surface area (Å²) in [5.74, 6) is -0.0677. The average Bonchev–Trinajstić information content (AvgIpc) is 2.35. The first kappa shape index (κ1) is 13.3. The molecule has 0 radical (unpaired) electrons. The minimum absolute atomic E-state index is 0.0677. The maximum atomic E-state index is 11.9. The van der Waals surface area contributed by atoms with E-state index in [2.05, 4.69) is 19.9 Å². The lowest BCUT2D eigenvalue weighted by Gasteiger charge is -2.06. The van der Waals surface area contributed by atoms with E-state index in [0.717, 1.165) is 18.3 Å². The Hall–Kier alpha value is -2.13. The standard InChI is InChI=1S/C9H7ClN4O4S/c10-6-3-5(4-11-9(6)16)19(17,18)14-7-1-2-8(15)13-12-7/h1-4H,(H,11,16)(H,12,14)(H,13,15). The number of halogens is 1. The van der Waals surface area contributed by atoms with Gasteiger partial charge in [-0.15, -0.1) is 0 Å². The second-order valence-corrected chi connectivity index (χ2v) is 5.51. The minimum Gasteiger partial charge on any atom is -0.326 e. The number of sulfonamides is 1. The topological polar surface area (TPSA) is 125 Å². The van der Waals surface area contributed by atoms with E-state index in [1.165, 1.54) is 6.07 Å². The fourth-order valence-electron chi connectivity index (χ4n) is 1.19. The molecule has 3 N–H and O–H groups in total. The van der Waals surface area contributed by atoms with Gasteiger partial charge in [0.05, 0.1) is 0 Å². The molecule has 8 nitrogen and oxygen atoms in total. The summed E-state index contributed by atoms with van der Waals surface area (Å²) in [4.78, 5) is 23.8. The Labute approximate surface area is 111 Å². The molecule has 19 heavy (non-hydrogen) atoms. The van der Waals surface area contributed by atoms with Crippen LogP contribution >= 0.6 is 11.6 Å². The van der Waals surface area contributed by atoms with Gasteiger partial charge in [-0.05, 0) is 12.1 Å². The van der Waals surface area contributed by atoms with Gasteiger partial charge in [0.25, 0.3) is 21.1 Å². The maximum absolute atomic E-state index is 11.9. The summed E-state index contributed by atoms with van der Waals surface area (Å²) in [6, 6.07) is 3.32. The molecule has 2 rings (SSSR count). The van der Waals surface area contributed by atoms with Crippen molar-refractivity contribution in [3.63, 3.8) is 0 Å². The molecule has 0 aliphatic carbocycles. The average molecular weight is 303 g/mol. The molecule has 0 aromatic carbocycles. The van der Waals surface area contributed by atoms with Crippen LogP contribution in [-0.4, -0.2) is 23.6 Å². The second kappa shape index (κ2) is 4.86. The Kier molecular flexibility index (Phi) is 3.40. The number of pyridine rings is 1. The van der Waals surface area contributed by atoms with Crippen LogP contribution in [0.25, 0.3) is 0 Å². The Bertz CT molecular complexity index is 806. The number of nitrogens with zero attached hydrogens (tertiary/aromatic N) is 1. The van der Waals surface area contributed by atoms with E-state index in [1.807, 2.05) is 0 Å². The first-order valence-corrected chi connectivity index (χ1v) is 6.71. The van der Waals surface area contributed by atoms with Crippen LogP contribution in [0.2, 0.25) is 5.02 Å². The van der Waals surface area contributed by atoms with Crippen LogP contribution in [0.15, 0.2) is 38.9 Å². The Morgan fingerprint density at radius 3 is 2.58 bits per heavy atom. The lowest BCUT2D eigenvalue weighted by molar-refractivity contribution is 0.600. The molecule has 0 fully saturated rings. The third-order valence-electron chi connectivity index (χ3n) is 2.06. The highest BCUT2D eigenvalue weighted by Crippen LogP contribution is 2.13. The lowest BCUT2D eigenvalue weighted by atomic mass is 10.5. The number of hydrogen-bond donors (Lipinski definition) is 3. The van der Waals surface area contributed by atoms with Crippen LogP contribution in [0.3, 0.4) is 0 Å². The minimum atomic E-state index is -3.95. The first-order valence-electron chi connectivity index (χ1n) is 4.85. The highest BCUT2D eigenvalue weighted by molar-refractivity contribution is 7.92. The fourth-order valence-corrected chi connectivity index (χ4v) is 2.42. The van der Waals surface area contributed by atoms with Gasteiger partial charge in [-0.25, -0.2) is 13.5 Å². The molecule has 0 spiro atoms. The van der Waals surface area contributed by atoms with E-state index in [0.29, 0.717) is 0 Å². The largest absolute Gasteiger partial charge is 0.326 e. The molecule has 100 valence electrons. The van der Waals surface area contributed by atoms with Crippen molar-refractivity contribution in [3.8, 4) is 0 Å². The van der Waals surface area contributed by atoms with Gasteiger partial charge < -0.3 is 4.98 Å². The van der Waals surface area contributed by atoms with Gasteiger partial charge in [-0.2, -0.15) is 5.10 Å². The monoisotopic (exact) mass is 302 g/mol. The van der Waals surface area contributed by atoms with Gasteiger partial charge in [0, 0.05) is 12.3 Å². The maximum Gasteiger partial charge on any atom is 0.266 e. The lowest BCUT2D eigenvalue weighted by Crippen LogP contribution is -2.18. The first-order chi connectivity index (χ1) is 8.88. The van der Waals surface area contributed by atoms with E-state index in [-0.39, 0.29) is 15.7 Å². The number of rotatable bonds is 3. The molecule has 0 aliphatic rings. The summed E-state index contributed by atoms with van der Waals surface area (Å²) >= 11 is 5.54. The molecule has 2 heterocycles. The van der Waals surface area contributed by atoms with Gasteiger partial charge in [0.2, 0.25) is 0 Å². The van der Waals surface area contributed by atoms with Gasteiger partial charge in [0.1, 0.15) is 9.92 Å². The zero-order chi connectivity index (χ0) is 14.0. The molecule has 0 atom stereocenters. The van der Waals surface area contributed by atoms with Crippen molar-refractivity contribution < 1.29 is 8.42 Å². The summed E-state index contributed by atoms with van der Waals surface area (Å²) in [7, 11) is -3.95. The smallest absolute Gasteiger partial charge is 0.266 e. The van der Waals surface area contributed by atoms with Crippen molar-refractivity contribution in [2.45, 2.75) is 4.90 Å². The number of hydrogen-bond acceptors (Lipinski definition) is 5. The molecule has 0 saturated heterocycles.